The van der Waals surface area contributed by atoms with Gasteiger partial charge in [0.15, 0.2) is 0 Å². The number of sulfonamides is 1. The largest absolute Gasteiger partial charge is 0.331 e. The lowest BCUT2D eigenvalue weighted by molar-refractivity contribution is -0.128. The van der Waals surface area contributed by atoms with E-state index >= 15 is 0 Å². The summed E-state index contributed by atoms with van der Waals surface area (Å²) in [4.78, 5) is 28.1. The maximum Gasteiger partial charge on any atom is 0.253 e. The van der Waals surface area contributed by atoms with Gasteiger partial charge in [-0.3, -0.25) is 20.4 Å². The second-order valence-electron chi connectivity index (χ2n) is 6.22. The molecular formula is C18H17Cl2N5O4S. The van der Waals surface area contributed by atoms with Gasteiger partial charge >= 0.3 is 0 Å². The lowest BCUT2D eigenvalue weighted by Gasteiger charge is -2.11. The van der Waals surface area contributed by atoms with Gasteiger partial charge < -0.3 is 4.57 Å². The Bertz CT molecular complexity index is 1210. The first-order valence-corrected chi connectivity index (χ1v) is 10.8. The van der Waals surface area contributed by atoms with Crippen LogP contribution in [-0.2, 0) is 33.1 Å². The van der Waals surface area contributed by atoms with Gasteiger partial charge in [-0.1, -0.05) is 41.4 Å². The molecule has 0 fully saturated rings. The fourth-order valence-corrected chi connectivity index (χ4v) is 4.82. The van der Waals surface area contributed by atoms with E-state index in [-0.39, 0.29) is 21.4 Å². The lowest BCUT2D eigenvalue weighted by Crippen LogP contribution is -2.47. The van der Waals surface area contributed by atoms with Crippen LogP contribution in [0.3, 0.4) is 0 Å². The van der Waals surface area contributed by atoms with Crippen LogP contribution in [0.5, 0.6) is 0 Å². The van der Waals surface area contributed by atoms with Crippen molar-refractivity contribution >= 4 is 56.1 Å². The molecule has 3 rings (SSSR count). The molecule has 3 aromatic rings. The maximum atomic E-state index is 12.3. The standard InChI is InChI=1S/C18H17Cl2N5O4S/c1-25-14-8-3-2-7-13(14)22-15(25)9-16(26)23-24-17(27)10-21-30(28,29)18-11(19)5-4-6-12(18)20/h2-8,21H,9-10H2,1H3,(H,23,26)(H,24,27). The molecule has 1 aromatic heterocycles. The topological polar surface area (TPSA) is 122 Å². The Morgan fingerprint density at radius 2 is 1.63 bits per heavy atom. The molecule has 12 heteroatoms. The zero-order valence-corrected chi connectivity index (χ0v) is 18.0. The number of amides is 2. The van der Waals surface area contributed by atoms with E-state index in [1.54, 1.807) is 11.6 Å². The minimum atomic E-state index is -4.13. The Morgan fingerprint density at radius 3 is 2.30 bits per heavy atom. The van der Waals surface area contributed by atoms with Crippen molar-refractivity contribution in [3.8, 4) is 0 Å². The van der Waals surface area contributed by atoms with Crippen LogP contribution in [0.4, 0.5) is 0 Å². The van der Waals surface area contributed by atoms with Gasteiger partial charge in [-0.05, 0) is 24.3 Å². The molecule has 0 unspecified atom stereocenters. The van der Waals surface area contributed by atoms with Gasteiger partial charge in [-0.15, -0.1) is 0 Å². The van der Waals surface area contributed by atoms with Gasteiger partial charge in [0.05, 0.1) is 34.0 Å². The summed E-state index contributed by atoms with van der Waals surface area (Å²) in [5.74, 6) is -0.782. The van der Waals surface area contributed by atoms with Crippen molar-refractivity contribution in [2.45, 2.75) is 11.3 Å². The number of aryl methyl sites for hydroxylation is 1. The quantitative estimate of drug-likeness (QED) is 0.472. The molecule has 3 N–H and O–H groups in total. The summed E-state index contributed by atoms with van der Waals surface area (Å²) in [6.45, 7) is -0.629. The molecule has 158 valence electrons. The number of carbonyl (C=O) groups is 2. The highest BCUT2D eigenvalue weighted by molar-refractivity contribution is 7.89. The van der Waals surface area contributed by atoms with Crippen molar-refractivity contribution in [2.75, 3.05) is 6.54 Å². The van der Waals surface area contributed by atoms with Crippen LogP contribution in [0.25, 0.3) is 11.0 Å². The molecular weight excluding hydrogens is 453 g/mol. The fourth-order valence-electron chi connectivity index (χ4n) is 2.70. The predicted octanol–water partition coefficient (Wildman–Crippen LogP) is 1.55. The van der Waals surface area contributed by atoms with E-state index in [0.29, 0.717) is 5.82 Å². The van der Waals surface area contributed by atoms with Crippen molar-refractivity contribution in [2.24, 2.45) is 7.05 Å². The number of halogens is 2. The summed E-state index contributed by atoms with van der Waals surface area (Å²) in [5.41, 5.74) is 5.98. The maximum absolute atomic E-state index is 12.3. The number of nitrogens with one attached hydrogen (secondary N) is 3. The highest BCUT2D eigenvalue weighted by atomic mass is 35.5. The monoisotopic (exact) mass is 469 g/mol. The Morgan fingerprint density at radius 1 is 1.00 bits per heavy atom. The highest BCUT2D eigenvalue weighted by Gasteiger charge is 2.22. The molecule has 0 bridgehead atoms. The molecule has 2 amide bonds. The Kier molecular flexibility index (Phi) is 6.61. The van der Waals surface area contributed by atoms with Crippen LogP contribution in [-0.4, -0.2) is 36.3 Å². The predicted molar refractivity (Wildman–Crippen MR) is 112 cm³/mol. The number of benzene rings is 2. The number of carbonyl (C=O) groups excluding carboxylic acids is 2. The summed E-state index contributed by atoms with van der Waals surface area (Å²) in [6.07, 6.45) is -0.0770. The van der Waals surface area contributed by atoms with Crippen molar-refractivity contribution in [3.63, 3.8) is 0 Å². The molecule has 0 aliphatic carbocycles. The minimum Gasteiger partial charge on any atom is -0.331 e. The zero-order valence-electron chi connectivity index (χ0n) is 15.6. The number of nitrogens with zero attached hydrogens (tertiary/aromatic N) is 2. The van der Waals surface area contributed by atoms with E-state index in [1.807, 2.05) is 24.3 Å². The van der Waals surface area contributed by atoms with Crippen LogP contribution in [0.15, 0.2) is 47.4 Å². The van der Waals surface area contributed by atoms with Gasteiger partial charge in [0.1, 0.15) is 10.7 Å². The summed E-state index contributed by atoms with van der Waals surface area (Å²) >= 11 is 11.8. The van der Waals surface area contributed by atoms with Gasteiger partial charge in [-0.25, -0.2) is 18.1 Å². The molecule has 0 saturated carbocycles. The SMILES string of the molecule is Cn1c(CC(=O)NNC(=O)CNS(=O)(=O)c2c(Cl)cccc2Cl)nc2ccccc21. The highest BCUT2D eigenvalue weighted by Crippen LogP contribution is 2.28. The molecule has 0 radical (unpaired) electrons. The Balaban J connectivity index is 1.54. The smallest absolute Gasteiger partial charge is 0.253 e. The lowest BCUT2D eigenvalue weighted by atomic mass is 10.3. The van der Waals surface area contributed by atoms with Gasteiger partial charge in [0, 0.05) is 7.05 Å². The van der Waals surface area contributed by atoms with Crippen molar-refractivity contribution in [1.29, 1.82) is 0 Å². The van der Waals surface area contributed by atoms with E-state index in [1.165, 1.54) is 18.2 Å². The van der Waals surface area contributed by atoms with Crippen molar-refractivity contribution in [1.82, 2.24) is 25.1 Å². The molecule has 0 spiro atoms. The Hall–Kier alpha value is -2.66. The van der Waals surface area contributed by atoms with E-state index in [4.69, 9.17) is 23.2 Å². The van der Waals surface area contributed by atoms with Crippen LogP contribution in [0.1, 0.15) is 5.82 Å². The third-order valence-electron chi connectivity index (χ3n) is 4.15. The zero-order chi connectivity index (χ0) is 21.9. The Labute approximate surface area is 182 Å². The van der Waals surface area contributed by atoms with Crippen LogP contribution in [0, 0.1) is 0 Å². The molecule has 0 aliphatic heterocycles. The average molecular weight is 470 g/mol. The summed E-state index contributed by atoms with van der Waals surface area (Å²) in [6, 6.07) is 11.6. The normalized spacial score (nSPS) is 11.4. The van der Waals surface area contributed by atoms with Crippen LogP contribution < -0.4 is 15.6 Å². The summed E-state index contributed by atoms with van der Waals surface area (Å²) < 4.78 is 28.5. The fraction of sp³-hybridized carbons (Fsp3) is 0.167. The van der Waals surface area contributed by atoms with Crippen molar-refractivity contribution < 1.29 is 18.0 Å². The average Bonchev–Trinajstić information content (AvgIpc) is 3.00. The number of hydrogen-bond acceptors (Lipinski definition) is 5. The molecule has 0 aliphatic rings. The number of rotatable bonds is 6. The van der Waals surface area contributed by atoms with Gasteiger partial charge in [-0.2, -0.15) is 0 Å². The first-order valence-electron chi connectivity index (χ1n) is 8.61. The molecule has 0 atom stereocenters. The molecule has 1 heterocycles. The molecule has 2 aromatic carbocycles. The number of hydrazine groups is 1. The van der Waals surface area contributed by atoms with Crippen LogP contribution in [0.2, 0.25) is 10.0 Å². The van der Waals surface area contributed by atoms with Gasteiger partial charge in [0.2, 0.25) is 15.9 Å². The number of aromatic nitrogens is 2. The van der Waals surface area contributed by atoms with E-state index in [9.17, 15) is 18.0 Å². The van der Waals surface area contributed by atoms with E-state index in [2.05, 4.69) is 20.6 Å². The number of para-hydroxylation sites is 2. The molecule has 9 nitrogen and oxygen atoms in total. The summed E-state index contributed by atoms with van der Waals surface area (Å²) in [5, 5.41) is -0.155. The second kappa shape index (κ2) is 9.00. The second-order valence-corrected chi connectivity index (χ2v) is 8.74. The van der Waals surface area contributed by atoms with E-state index in [0.717, 1.165) is 11.0 Å². The van der Waals surface area contributed by atoms with Gasteiger partial charge in [0.25, 0.3) is 5.91 Å². The number of fused-ring (bicyclic) bond motifs is 1. The minimum absolute atomic E-state index is 0.0770. The third-order valence-corrected chi connectivity index (χ3v) is 6.51. The number of hydrogen-bond donors (Lipinski definition) is 3. The summed E-state index contributed by atoms with van der Waals surface area (Å²) in [7, 11) is -2.34. The van der Waals surface area contributed by atoms with Crippen LogP contribution >= 0.6 is 23.2 Å². The first kappa shape index (κ1) is 22.0. The third kappa shape index (κ3) is 4.90. The first-order chi connectivity index (χ1) is 14.2. The van der Waals surface area contributed by atoms with Crippen molar-refractivity contribution in [3.05, 3.63) is 58.3 Å². The molecule has 30 heavy (non-hydrogen) atoms. The number of imidazole rings is 1. The van der Waals surface area contributed by atoms with E-state index < -0.39 is 28.4 Å². The molecule has 0 saturated heterocycles.